The molecule has 0 N–H and O–H groups in total. The van der Waals surface area contributed by atoms with Crippen LogP contribution >= 0.6 is 0 Å². The van der Waals surface area contributed by atoms with Crippen molar-refractivity contribution in [1.29, 1.82) is 0 Å². The summed E-state index contributed by atoms with van der Waals surface area (Å²) in [4.78, 5) is 23.7. The van der Waals surface area contributed by atoms with E-state index in [2.05, 4.69) is 33.8 Å². The molecular weight excluding hydrogens is 312 g/mol. The Balaban J connectivity index is 3.02. The van der Waals surface area contributed by atoms with Crippen LogP contribution in [0, 0.1) is 5.41 Å². The van der Waals surface area contributed by atoms with Gasteiger partial charge in [-0.2, -0.15) is 0 Å². The lowest BCUT2D eigenvalue weighted by Gasteiger charge is -2.36. The van der Waals surface area contributed by atoms with Gasteiger partial charge in [-0.15, -0.1) is 0 Å². The number of ketones is 1. The van der Waals surface area contributed by atoms with Crippen LogP contribution < -0.4 is 0 Å². The van der Waals surface area contributed by atoms with Crippen molar-refractivity contribution in [2.75, 3.05) is 0 Å². The minimum atomic E-state index is -0.673. The Morgan fingerprint density at radius 1 is 1.12 bits per heavy atom. The molecule has 1 aliphatic rings. The molecule has 0 aromatic rings. The molecule has 1 rings (SSSR count). The number of carbonyl (C=O) groups is 2. The summed E-state index contributed by atoms with van der Waals surface area (Å²) in [6.07, 6.45) is 12.0. The van der Waals surface area contributed by atoms with Gasteiger partial charge in [0.1, 0.15) is 0 Å². The van der Waals surface area contributed by atoms with Gasteiger partial charge in [-0.3, -0.25) is 9.59 Å². The Morgan fingerprint density at radius 2 is 1.72 bits per heavy atom. The standard InChI is InChI=1S/C22H30O3/c1-15(2)10-8-9-11-16(3)12-13-19-17(4)21(24)20(25-18(5)23)14-22(19,6)7/h8-13,20H,14H2,1-7H3/b9-8-,13-12+,16-11+/t20-/m0/s1. The van der Waals surface area contributed by atoms with Crippen LogP contribution in [0.25, 0.3) is 0 Å². The van der Waals surface area contributed by atoms with Gasteiger partial charge in [0.15, 0.2) is 11.9 Å². The van der Waals surface area contributed by atoms with Gasteiger partial charge in [0.25, 0.3) is 0 Å². The molecule has 0 aliphatic heterocycles. The number of ether oxygens (including phenoxy) is 1. The van der Waals surface area contributed by atoms with Crippen molar-refractivity contribution in [3.8, 4) is 0 Å². The third-order valence-corrected chi connectivity index (χ3v) is 4.21. The van der Waals surface area contributed by atoms with Crippen molar-refractivity contribution < 1.29 is 14.3 Å². The monoisotopic (exact) mass is 342 g/mol. The number of Topliss-reactive ketones (excluding diaryl/α,β-unsaturated/α-hetero) is 1. The van der Waals surface area contributed by atoms with E-state index in [4.69, 9.17) is 4.74 Å². The van der Waals surface area contributed by atoms with E-state index < -0.39 is 12.1 Å². The van der Waals surface area contributed by atoms with E-state index in [1.54, 1.807) is 0 Å². The fraction of sp³-hybridized carbons (Fsp3) is 0.455. The second-order valence-corrected chi connectivity index (χ2v) is 7.46. The van der Waals surface area contributed by atoms with Crippen LogP contribution in [0.2, 0.25) is 0 Å². The van der Waals surface area contributed by atoms with Gasteiger partial charge >= 0.3 is 5.97 Å². The number of hydrogen-bond donors (Lipinski definition) is 0. The second kappa shape index (κ2) is 8.80. The van der Waals surface area contributed by atoms with Gasteiger partial charge in [-0.25, -0.2) is 0 Å². The lowest BCUT2D eigenvalue weighted by molar-refractivity contribution is -0.153. The molecule has 0 unspecified atom stereocenters. The van der Waals surface area contributed by atoms with Crippen molar-refractivity contribution in [3.63, 3.8) is 0 Å². The summed E-state index contributed by atoms with van der Waals surface area (Å²) in [5.41, 5.74) is 3.80. The molecule has 3 heteroatoms. The third-order valence-electron chi connectivity index (χ3n) is 4.21. The molecule has 0 aromatic heterocycles. The molecular formula is C22H30O3. The fourth-order valence-corrected chi connectivity index (χ4v) is 2.92. The van der Waals surface area contributed by atoms with Crippen LogP contribution in [0.4, 0.5) is 0 Å². The van der Waals surface area contributed by atoms with E-state index >= 15 is 0 Å². The summed E-state index contributed by atoms with van der Waals surface area (Å²) in [5, 5.41) is 0. The van der Waals surface area contributed by atoms with Crippen LogP contribution in [-0.4, -0.2) is 17.9 Å². The predicted octanol–water partition coefficient (Wildman–Crippen LogP) is 5.26. The topological polar surface area (TPSA) is 43.4 Å². The summed E-state index contributed by atoms with van der Waals surface area (Å²) in [6, 6.07) is 0. The molecule has 0 fully saturated rings. The highest BCUT2D eigenvalue weighted by atomic mass is 16.5. The molecule has 136 valence electrons. The molecule has 0 saturated carbocycles. The predicted molar refractivity (Wildman–Crippen MR) is 103 cm³/mol. The second-order valence-electron chi connectivity index (χ2n) is 7.46. The number of carbonyl (C=O) groups excluding carboxylic acids is 2. The quantitative estimate of drug-likeness (QED) is 0.506. The maximum absolute atomic E-state index is 12.5. The van der Waals surface area contributed by atoms with E-state index in [9.17, 15) is 9.59 Å². The van der Waals surface area contributed by atoms with E-state index in [0.29, 0.717) is 12.0 Å². The molecule has 1 aliphatic carbocycles. The van der Waals surface area contributed by atoms with E-state index in [0.717, 1.165) is 11.1 Å². The molecule has 0 bridgehead atoms. The van der Waals surface area contributed by atoms with Crippen LogP contribution in [0.5, 0.6) is 0 Å². The Kier molecular flexibility index (Phi) is 7.35. The normalized spacial score (nSPS) is 21.2. The van der Waals surface area contributed by atoms with Crippen LogP contribution in [-0.2, 0) is 14.3 Å². The Hall–Kier alpha value is -2.16. The first-order valence-electron chi connectivity index (χ1n) is 8.64. The summed E-state index contributed by atoms with van der Waals surface area (Å²) >= 11 is 0. The minimum Gasteiger partial charge on any atom is -0.454 e. The van der Waals surface area contributed by atoms with Crippen molar-refractivity contribution in [2.24, 2.45) is 5.41 Å². The van der Waals surface area contributed by atoms with Crippen LogP contribution in [0.3, 0.4) is 0 Å². The Bertz CT molecular complexity index is 678. The summed E-state index contributed by atoms with van der Waals surface area (Å²) in [5.74, 6) is -0.512. The maximum atomic E-state index is 12.5. The van der Waals surface area contributed by atoms with Gasteiger partial charge in [-0.1, -0.05) is 61.4 Å². The average Bonchev–Trinajstić information content (AvgIpc) is 2.47. The SMILES string of the molecule is CC(=O)O[C@H]1CC(C)(C)C(/C=C/C(C)=C/C=C\C=C(C)C)=C(C)C1=O. The number of esters is 1. The highest BCUT2D eigenvalue weighted by Gasteiger charge is 2.39. The largest absolute Gasteiger partial charge is 0.454 e. The Labute approximate surface area is 151 Å². The lowest BCUT2D eigenvalue weighted by atomic mass is 9.71. The van der Waals surface area contributed by atoms with Crippen LogP contribution in [0.15, 0.2) is 58.7 Å². The smallest absolute Gasteiger partial charge is 0.303 e. The first-order valence-corrected chi connectivity index (χ1v) is 8.64. The molecule has 1 atom stereocenters. The molecule has 0 aromatic carbocycles. The molecule has 0 saturated heterocycles. The van der Waals surface area contributed by atoms with Crippen molar-refractivity contribution in [1.82, 2.24) is 0 Å². The summed E-state index contributed by atoms with van der Waals surface area (Å²) < 4.78 is 5.20. The van der Waals surface area contributed by atoms with Crippen molar-refractivity contribution in [3.05, 3.63) is 58.7 Å². The molecule has 25 heavy (non-hydrogen) atoms. The van der Waals surface area contributed by atoms with Crippen molar-refractivity contribution in [2.45, 2.75) is 61.0 Å². The number of hydrogen-bond acceptors (Lipinski definition) is 3. The molecule has 0 radical (unpaired) electrons. The number of allylic oxidation sites excluding steroid dienone is 9. The Morgan fingerprint density at radius 3 is 2.28 bits per heavy atom. The zero-order chi connectivity index (χ0) is 19.2. The first kappa shape index (κ1) is 20.9. The summed E-state index contributed by atoms with van der Waals surface area (Å²) in [7, 11) is 0. The third kappa shape index (κ3) is 6.33. The first-order chi connectivity index (χ1) is 11.5. The zero-order valence-electron chi connectivity index (χ0n) is 16.5. The van der Waals surface area contributed by atoms with Gasteiger partial charge in [0, 0.05) is 13.3 Å². The average molecular weight is 342 g/mol. The van der Waals surface area contributed by atoms with E-state index in [-0.39, 0.29) is 11.2 Å². The number of rotatable bonds is 5. The zero-order valence-corrected chi connectivity index (χ0v) is 16.5. The lowest BCUT2D eigenvalue weighted by Crippen LogP contribution is -2.38. The van der Waals surface area contributed by atoms with Crippen molar-refractivity contribution >= 4 is 11.8 Å². The maximum Gasteiger partial charge on any atom is 0.303 e. The molecule has 0 amide bonds. The highest BCUT2D eigenvalue weighted by Crippen LogP contribution is 2.40. The van der Waals surface area contributed by atoms with E-state index in [1.165, 1.54) is 12.5 Å². The molecule has 0 heterocycles. The van der Waals surface area contributed by atoms with Gasteiger partial charge in [-0.05, 0) is 44.3 Å². The minimum absolute atomic E-state index is 0.0979. The highest BCUT2D eigenvalue weighted by molar-refractivity contribution is 6.01. The van der Waals surface area contributed by atoms with Gasteiger partial charge in [0.2, 0.25) is 0 Å². The molecule has 0 spiro atoms. The van der Waals surface area contributed by atoms with E-state index in [1.807, 2.05) is 44.2 Å². The van der Waals surface area contributed by atoms with Gasteiger partial charge < -0.3 is 4.74 Å². The fourth-order valence-electron chi connectivity index (χ4n) is 2.92. The molecule has 3 nitrogen and oxygen atoms in total. The van der Waals surface area contributed by atoms with Crippen LogP contribution in [0.1, 0.15) is 54.9 Å². The summed E-state index contributed by atoms with van der Waals surface area (Å²) in [6.45, 7) is 13.4. The van der Waals surface area contributed by atoms with Gasteiger partial charge in [0.05, 0.1) is 0 Å².